The van der Waals surface area contributed by atoms with Crippen molar-refractivity contribution in [1.82, 2.24) is 9.97 Å². The highest BCUT2D eigenvalue weighted by atomic mass is 14.8. The van der Waals surface area contributed by atoms with Gasteiger partial charge in [-0.1, -0.05) is 55.8 Å². The van der Waals surface area contributed by atoms with Crippen LogP contribution in [0.15, 0.2) is 66.7 Å². The van der Waals surface area contributed by atoms with Gasteiger partial charge in [-0.2, -0.15) is 0 Å². The molecule has 25 heavy (non-hydrogen) atoms. The summed E-state index contributed by atoms with van der Waals surface area (Å²) in [6.45, 7) is 6.54. The van der Waals surface area contributed by atoms with Gasteiger partial charge >= 0.3 is 0 Å². The van der Waals surface area contributed by atoms with E-state index < -0.39 is 0 Å². The van der Waals surface area contributed by atoms with Crippen LogP contribution in [-0.2, 0) is 0 Å². The second kappa shape index (κ2) is 6.21. The zero-order valence-corrected chi connectivity index (χ0v) is 14.9. The Morgan fingerprint density at radius 3 is 2.32 bits per heavy atom. The minimum absolute atomic E-state index is 0.532. The van der Waals surface area contributed by atoms with Gasteiger partial charge in [0.2, 0.25) is 0 Å². The van der Waals surface area contributed by atoms with Gasteiger partial charge in [-0.25, -0.2) is 4.98 Å². The van der Waals surface area contributed by atoms with Gasteiger partial charge < -0.3 is 4.98 Å². The van der Waals surface area contributed by atoms with E-state index in [9.17, 15) is 0 Å². The van der Waals surface area contributed by atoms with Crippen LogP contribution >= 0.6 is 0 Å². The highest BCUT2D eigenvalue weighted by Gasteiger charge is 2.07. The molecule has 0 aliphatic carbocycles. The predicted molar refractivity (Wildman–Crippen MR) is 106 cm³/mol. The van der Waals surface area contributed by atoms with Crippen molar-refractivity contribution in [2.24, 2.45) is 0 Å². The third kappa shape index (κ3) is 3.08. The number of aromatic nitrogens is 2. The number of nitrogens with zero attached hydrogens (tertiary/aromatic N) is 1. The Morgan fingerprint density at radius 2 is 1.56 bits per heavy atom. The Hall–Kier alpha value is -2.87. The SMILES string of the molecule is Cc1ccc(-c2ccc(-c3ccc4cc(C(C)C)ccc4n3)[nH]2)cc1. The molecule has 2 nitrogen and oxygen atoms in total. The topological polar surface area (TPSA) is 28.7 Å². The largest absolute Gasteiger partial charge is 0.353 e. The van der Waals surface area contributed by atoms with Crippen LogP contribution in [0.5, 0.6) is 0 Å². The number of hydrogen-bond acceptors (Lipinski definition) is 1. The number of H-pyrrole nitrogens is 1. The Kier molecular flexibility index (Phi) is 3.89. The summed E-state index contributed by atoms with van der Waals surface area (Å²) in [4.78, 5) is 8.33. The Balaban J connectivity index is 1.70. The van der Waals surface area contributed by atoms with Crippen molar-refractivity contribution in [3.05, 3.63) is 77.9 Å². The zero-order chi connectivity index (χ0) is 17.4. The molecule has 2 aromatic carbocycles. The van der Waals surface area contributed by atoms with Crippen LogP contribution in [0.1, 0.15) is 30.9 Å². The molecule has 124 valence electrons. The minimum Gasteiger partial charge on any atom is -0.353 e. The van der Waals surface area contributed by atoms with E-state index in [2.05, 4.69) is 92.5 Å². The van der Waals surface area contributed by atoms with Crippen molar-refractivity contribution < 1.29 is 0 Å². The van der Waals surface area contributed by atoms with Crippen molar-refractivity contribution in [1.29, 1.82) is 0 Å². The Labute approximate surface area is 148 Å². The molecule has 0 saturated carbocycles. The van der Waals surface area contributed by atoms with E-state index in [-0.39, 0.29) is 0 Å². The van der Waals surface area contributed by atoms with Crippen LogP contribution in [0.2, 0.25) is 0 Å². The molecular formula is C23H22N2. The van der Waals surface area contributed by atoms with E-state index in [1.807, 2.05) is 0 Å². The first-order valence-electron chi connectivity index (χ1n) is 8.77. The summed E-state index contributed by atoms with van der Waals surface area (Å²) in [7, 11) is 0. The summed E-state index contributed by atoms with van der Waals surface area (Å²) in [5.74, 6) is 0.532. The molecule has 0 aliphatic heterocycles. The fourth-order valence-corrected chi connectivity index (χ4v) is 3.10. The predicted octanol–water partition coefficient (Wildman–Crippen LogP) is 6.33. The molecule has 0 unspecified atom stereocenters. The average molecular weight is 326 g/mol. The van der Waals surface area contributed by atoms with E-state index in [4.69, 9.17) is 4.98 Å². The van der Waals surface area contributed by atoms with Crippen LogP contribution in [0, 0.1) is 6.92 Å². The number of aromatic amines is 1. The molecule has 0 bridgehead atoms. The molecule has 2 heteroatoms. The van der Waals surface area contributed by atoms with Crippen molar-refractivity contribution >= 4 is 10.9 Å². The molecule has 0 radical (unpaired) electrons. The number of benzene rings is 2. The molecule has 1 N–H and O–H groups in total. The fourth-order valence-electron chi connectivity index (χ4n) is 3.10. The summed E-state index contributed by atoms with van der Waals surface area (Å²) < 4.78 is 0. The van der Waals surface area contributed by atoms with Gasteiger partial charge in [0.1, 0.15) is 0 Å². The second-order valence-corrected chi connectivity index (χ2v) is 6.96. The highest BCUT2D eigenvalue weighted by molar-refractivity contribution is 5.82. The Bertz CT molecular complexity index is 1020. The highest BCUT2D eigenvalue weighted by Crippen LogP contribution is 2.26. The molecule has 0 atom stereocenters. The lowest BCUT2D eigenvalue weighted by molar-refractivity contribution is 0.868. The number of fused-ring (bicyclic) bond motifs is 1. The van der Waals surface area contributed by atoms with Crippen molar-refractivity contribution in [3.63, 3.8) is 0 Å². The van der Waals surface area contributed by atoms with Crippen molar-refractivity contribution in [3.8, 4) is 22.6 Å². The molecular weight excluding hydrogens is 304 g/mol. The third-order valence-electron chi connectivity index (χ3n) is 4.70. The number of nitrogens with one attached hydrogen (secondary N) is 1. The maximum absolute atomic E-state index is 4.84. The van der Waals surface area contributed by atoms with Crippen LogP contribution in [0.3, 0.4) is 0 Å². The fraction of sp³-hybridized carbons (Fsp3) is 0.174. The van der Waals surface area contributed by atoms with Gasteiger partial charge in [0, 0.05) is 11.1 Å². The van der Waals surface area contributed by atoms with Crippen molar-refractivity contribution in [2.75, 3.05) is 0 Å². The standard InChI is InChI=1S/C23H22N2/c1-15(2)18-8-10-21-19(14-18)9-11-22(25-21)23-13-12-20(24-23)17-6-4-16(3)5-7-17/h4-15,24H,1-3H3. The lowest BCUT2D eigenvalue weighted by atomic mass is 10.0. The first-order valence-corrected chi connectivity index (χ1v) is 8.77. The molecule has 2 heterocycles. The number of hydrogen-bond donors (Lipinski definition) is 1. The van der Waals surface area contributed by atoms with Gasteiger partial charge in [-0.05, 0) is 54.3 Å². The quantitative estimate of drug-likeness (QED) is 0.468. The molecule has 4 aromatic rings. The summed E-state index contributed by atoms with van der Waals surface area (Å²) in [5.41, 5.74) is 7.99. The van der Waals surface area contributed by atoms with Crippen LogP contribution in [0.25, 0.3) is 33.5 Å². The zero-order valence-electron chi connectivity index (χ0n) is 14.9. The molecule has 0 amide bonds. The van der Waals surface area contributed by atoms with Gasteiger partial charge in [0.15, 0.2) is 0 Å². The third-order valence-corrected chi connectivity index (χ3v) is 4.70. The van der Waals surface area contributed by atoms with Gasteiger partial charge in [-0.3, -0.25) is 0 Å². The van der Waals surface area contributed by atoms with Crippen LogP contribution < -0.4 is 0 Å². The molecule has 0 aliphatic rings. The first-order chi connectivity index (χ1) is 12.1. The Morgan fingerprint density at radius 1 is 0.800 bits per heavy atom. The molecule has 2 aromatic heterocycles. The maximum Gasteiger partial charge on any atom is 0.0872 e. The van der Waals surface area contributed by atoms with E-state index in [1.54, 1.807) is 0 Å². The van der Waals surface area contributed by atoms with Gasteiger partial charge in [-0.15, -0.1) is 0 Å². The van der Waals surface area contributed by atoms with Crippen molar-refractivity contribution in [2.45, 2.75) is 26.7 Å². The summed E-state index contributed by atoms with van der Waals surface area (Å²) in [6.07, 6.45) is 0. The monoisotopic (exact) mass is 326 g/mol. The summed E-state index contributed by atoms with van der Waals surface area (Å²) in [6, 6.07) is 23.6. The summed E-state index contributed by atoms with van der Waals surface area (Å²) in [5, 5.41) is 1.19. The normalized spacial score (nSPS) is 11.4. The van der Waals surface area contributed by atoms with E-state index >= 15 is 0 Å². The number of aryl methyl sites for hydroxylation is 1. The van der Waals surface area contributed by atoms with Gasteiger partial charge in [0.25, 0.3) is 0 Å². The molecule has 4 rings (SSSR count). The van der Waals surface area contributed by atoms with E-state index in [0.717, 1.165) is 22.6 Å². The first kappa shape index (κ1) is 15.6. The molecule has 0 fully saturated rings. The molecule has 0 spiro atoms. The minimum atomic E-state index is 0.532. The lowest BCUT2D eigenvalue weighted by Gasteiger charge is -2.07. The molecule has 0 saturated heterocycles. The number of pyridine rings is 1. The summed E-state index contributed by atoms with van der Waals surface area (Å²) >= 11 is 0. The van der Waals surface area contributed by atoms with Crippen LogP contribution in [-0.4, -0.2) is 9.97 Å². The van der Waals surface area contributed by atoms with Gasteiger partial charge in [0.05, 0.1) is 16.9 Å². The second-order valence-electron chi connectivity index (χ2n) is 6.96. The average Bonchev–Trinajstić information content (AvgIpc) is 3.11. The van der Waals surface area contributed by atoms with E-state index in [1.165, 1.54) is 22.1 Å². The van der Waals surface area contributed by atoms with E-state index in [0.29, 0.717) is 5.92 Å². The maximum atomic E-state index is 4.84. The lowest BCUT2D eigenvalue weighted by Crippen LogP contribution is -1.90. The number of rotatable bonds is 3. The smallest absolute Gasteiger partial charge is 0.0872 e. The van der Waals surface area contributed by atoms with Crippen LogP contribution in [0.4, 0.5) is 0 Å².